The van der Waals surface area contributed by atoms with Crippen molar-refractivity contribution in [3.05, 3.63) is 5.82 Å². The summed E-state index contributed by atoms with van der Waals surface area (Å²) in [6.45, 7) is 0.251. The van der Waals surface area contributed by atoms with Crippen LogP contribution in [0.2, 0.25) is 0 Å². The number of rotatable bonds is 6. The molecule has 0 saturated heterocycles. The van der Waals surface area contributed by atoms with Gasteiger partial charge < -0.3 is 14.8 Å². The molecular weight excluding hydrogens is 260 g/mol. The van der Waals surface area contributed by atoms with Gasteiger partial charge in [-0.25, -0.2) is 0 Å². The molecule has 0 unspecified atom stereocenters. The predicted molar refractivity (Wildman–Crippen MR) is 71.4 cm³/mol. The molecule has 1 amide bonds. The number of hydrogen-bond donors (Lipinski definition) is 1. The summed E-state index contributed by atoms with van der Waals surface area (Å²) in [4.78, 5) is 23.9. The smallest absolute Gasteiger partial charge is 0.322 e. The van der Waals surface area contributed by atoms with Gasteiger partial charge in [0.25, 0.3) is 0 Å². The van der Waals surface area contributed by atoms with E-state index >= 15 is 0 Å². The number of ether oxygens (including phenoxy) is 2. The molecule has 1 fully saturated rings. The SMILES string of the molecule is COc1nc(CNC(=O)CC2CCCC2)nc(OC)n1. The highest BCUT2D eigenvalue weighted by Crippen LogP contribution is 2.27. The number of nitrogens with zero attached hydrogens (tertiary/aromatic N) is 3. The van der Waals surface area contributed by atoms with Gasteiger partial charge in [0.15, 0.2) is 5.82 Å². The summed E-state index contributed by atoms with van der Waals surface area (Å²) in [5, 5.41) is 2.83. The fourth-order valence-electron chi connectivity index (χ4n) is 2.37. The highest BCUT2D eigenvalue weighted by Gasteiger charge is 2.18. The van der Waals surface area contributed by atoms with Crippen LogP contribution in [0.15, 0.2) is 0 Å². The van der Waals surface area contributed by atoms with Crippen LogP contribution in [0.5, 0.6) is 12.0 Å². The average Bonchev–Trinajstić information content (AvgIpc) is 2.97. The minimum Gasteiger partial charge on any atom is -0.467 e. The standard InChI is InChI=1S/C13H20N4O3/c1-19-12-15-10(16-13(17-12)20-2)8-14-11(18)7-9-5-3-4-6-9/h9H,3-8H2,1-2H3,(H,14,18). The van der Waals surface area contributed by atoms with Gasteiger partial charge in [0.1, 0.15) is 0 Å². The number of carbonyl (C=O) groups excluding carboxylic acids is 1. The van der Waals surface area contributed by atoms with Crippen molar-refractivity contribution in [2.45, 2.75) is 38.6 Å². The van der Waals surface area contributed by atoms with Crippen LogP contribution in [0.25, 0.3) is 0 Å². The molecule has 1 saturated carbocycles. The molecular formula is C13H20N4O3. The summed E-state index contributed by atoms with van der Waals surface area (Å²) in [5.74, 6) is 0.987. The molecule has 1 aliphatic rings. The van der Waals surface area contributed by atoms with E-state index in [0.717, 1.165) is 12.8 Å². The Morgan fingerprint density at radius 3 is 2.30 bits per heavy atom. The molecule has 0 bridgehead atoms. The number of amides is 1. The average molecular weight is 280 g/mol. The molecule has 7 nitrogen and oxygen atoms in total. The third kappa shape index (κ3) is 4.04. The van der Waals surface area contributed by atoms with Gasteiger partial charge in [0.2, 0.25) is 5.91 Å². The zero-order valence-electron chi connectivity index (χ0n) is 11.9. The van der Waals surface area contributed by atoms with Crippen LogP contribution in [-0.2, 0) is 11.3 Å². The van der Waals surface area contributed by atoms with Crippen LogP contribution < -0.4 is 14.8 Å². The van der Waals surface area contributed by atoms with Gasteiger partial charge in [0, 0.05) is 6.42 Å². The zero-order valence-corrected chi connectivity index (χ0v) is 11.9. The Bertz CT molecular complexity index is 439. The van der Waals surface area contributed by atoms with Crippen molar-refractivity contribution in [1.82, 2.24) is 20.3 Å². The summed E-state index contributed by atoms with van der Waals surface area (Å²) in [5.41, 5.74) is 0. The molecule has 0 spiro atoms. The molecule has 2 rings (SSSR count). The second-order valence-corrected chi connectivity index (χ2v) is 4.86. The Morgan fingerprint density at radius 2 is 1.75 bits per heavy atom. The number of carbonyl (C=O) groups is 1. The normalized spacial score (nSPS) is 15.1. The van der Waals surface area contributed by atoms with Crippen molar-refractivity contribution in [2.75, 3.05) is 14.2 Å². The molecule has 1 aliphatic carbocycles. The monoisotopic (exact) mass is 280 g/mol. The lowest BCUT2D eigenvalue weighted by molar-refractivity contribution is -0.122. The summed E-state index contributed by atoms with van der Waals surface area (Å²) in [7, 11) is 2.94. The van der Waals surface area contributed by atoms with Crippen molar-refractivity contribution in [1.29, 1.82) is 0 Å². The zero-order chi connectivity index (χ0) is 14.4. The van der Waals surface area contributed by atoms with E-state index in [9.17, 15) is 4.79 Å². The Hall–Kier alpha value is -1.92. The highest BCUT2D eigenvalue weighted by atomic mass is 16.5. The van der Waals surface area contributed by atoms with Crippen LogP contribution in [0.3, 0.4) is 0 Å². The van der Waals surface area contributed by atoms with Crippen molar-refractivity contribution in [3.8, 4) is 12.0 Å². The van der Waals surface area contributed by atoms with E-state index in [1.54, 1.807) is 0 Å². The molecule has 1 heterocycles. The number of nitrogens with one attached hydrogen (secondary N) is 1. The molecule has 1 aromatic rings. The first kappa shape index (κ1) is 14.5. The quantitative estimate of drug-likeness (QED) is 0.839. The van der Waals surface area contributed by atoms with Crippen molar-refractivity contribution < 1.29 is 14.3 Å². The number of aromatic nitrogens is 3. The lowest BCUT2D eigenvalue weighted by atomic mass is 10.0. The first-order valence-electron chi connectivity index (χ1n) is 6.81. The molecule has 7 heteroatoms. The maximum atomic E-state index is 11.8. The van der Waals surface area contributed by atoms with Crippen molar-refractivity contribution in [2.24, 2.45) is 5.92 Å². The fourth-order valence-corrected chi connectivity index (χ4v) is 2.37. The fraction of sp³-hybridized carbons (Fsp3) is 0.692. The van der Waals surface area contributed by atoms with Crippen molar-refractivity contribution >= 4 is 5.91 Å². The van der Waals surface area contributed by atoms with Gasteiger partial charge in [-0.3, -0.25) is 4.79 Å². The Kier molecular flexibility index (Phi) is 5.09. The summed E-state index contributed by atoms with van der Waals surface area (Å²) in [6.07, 6.45) is 5.36. The minimum absolute atomic E-state index is 0.0373. The Balaban J connectivity index is 1.87. The highest BCUT2D eigenvalue weighted by molar-refractivity contribution is 5.76. The largest absolute Gasteiger partial charge is 0.467 e. The van der Waals surface area contributed by atoms with E-state index < -0.39 is 0 Å². The van der Waals surface area contributed by atoms with Crippen molar-refractivity contribution in [3.63, 3.8) is 0 Å². The van der Waals surface area contributed by atoms with E-state index in [0.29, 0.717) is 18.2 Å². The van der Waals surface area contributed by atoms with Crippen LogP contribution in [0.1, 0.15) is 37.9 Å². The molecule has 1 N–H and O–H groups in total. The molecule has 20 heavy (non-hydrogen) atoms. The van der Waals surface area contributed by atoms with Gasteiger partial charge in [0.05, 0.1) is 20.8 Å². The summed E-state index contributed by atoms with van der Waals surface area (Å²) >= 11 is 0. The van der Waals surface area contributed by atoms with Gasteiger partial charge in [-0.05, 0) is 18.8 Å². The number of hydrogen-bond acceptors (Lipinski definition) is 6. The molecule has 110 valence electrons. The van der Waals surface area contributed by atoms with E-state index in [-0.39, 0.29) is 24.5 Å². The summed E-state index contributed by atoms with van der Waals surface area (Å²) in [6, 6.07) is 0.355. The lowest BCUT2D eigenvalue weighted by Crippen LogP contribution is -2.25. The molecule has 0 aliphatic heterocycles. The molecule has 0 aromatic carbocycles. The minimum atomic E-state index is 0.0373. The number of methoxy groups -OCH3 is 2. The second-order valence-electron chi connectivity index (χ2n) is 4.86. The maximum Gasteiger partial charge on any atom is 0.322 e. The second kappa shape index (κ2) is 7.02. The van der Waals surface area contributed by atoms with Crippen LogP contribution in [-0.4, -0.2) is 35.1 Å². The predicted octanol–water partition coefficient (Wildman–Crippen LogP) is 1.09. The van der Waals surface area contributed by atoms with Gasteiger partial charge >= 0.3 is 12.0 Å². The first-order chi connectivity index (χ1) is 9.71. The van der Waals surface area contributed by atoms with Gasteiger partial charge in [-0.2, -0.15) is 9.97 Å². The van der Waals surface area contributed by atoms with E-state index in [4.69, 9.17) is 9.47 Å². The molecule has 0 atom stereocenters. The van der Waals surface area contributed by atoms with E-state index in [1.165, 1.54) is 27.1 Å². The van der Waals surface area contributed by atoms with E-state index in [1.807, 2.05) is 0 Å². The van der Waals surface area contributed by atoms with Gasteiger partial charge in [-0.1, -0.05) is 12.8 Å². The van der Waals surface area contributed by atoms with Gasteiger partial charge in [-0.15, -0.1) is 4.98 Å². The maximum absolute atomic E-state index is 11.8. The molecule has 0 radical (unpaired) electrons. The lowest BCUT2D eigenvalue weighted by Gasteiger charge is -2.09. The van der Waals surface area contributed by atoms with Crippen LogP contribution in [0, 0.1) is 5.92 Å². The first-order valence-corrected chi connectivity index (χ1v) is 6.81. The Morgan fingerprint density at radius 1 is 1.15 bits per heavy atom. The third-order valence-electron chi connectivity index (χ3n) is 3.40. The Labute approximate surface area is 118 Å². The van der Waals surface area contributed by atoms with Crippen LogP contribution >= 0.6 is 0 Å². The van der Waals surface area contributed by atoms with E-state index in [2.05, 4.69) is 20.3 Å². The molecule has 1 aromatic heterocycles. The van der Waals surface area contributed by atoms with Crippen LogP contribution in [0.4, 0.5) is 0 Å². The summed E-state index contributed by atoms with van der Waals surface area (Å²) < 4.78 is 9.91. The third-order valence-corrected chi connectivity index (χ3v) is 3.40. The topological polar surface area (TPSA) is 86.2 Å².